The van der Waals surface area contributed by atoms with Crippen LogP contribution >= 0.6 is 11.6 Å². The minimum absolute atomic E-state index is 0.173. The summed E-state index contributed by atoms with van der Waals surface area (Å²) in [6, 6.07) is 8.05. The molecule has 94 valence electrons. The Morgan fingerprint density at radius 3 is 3.06 bits per heavy atom. The molecule has 1 N–H and O–H groups in total. The Morgan fingerprint density at radius 2 is 2.41 bits per heavy atom. The summed E-state index contributed by atoms with van der Waals surface area (Å²) in [6.07, 6.45) is 2.63. The summed E-state index contributed by atoms with van der Waals surface area (Å²) in [5.41, 5.74) is 1.20. The van der Waals surface area contributed by atoms with Crippen LogP contribution in [0.25, 0.3) is 0 Å². The normalized spacial score (nSPS) is 22.4. The standard InChI is InChI=1S/C14H20ClNO/c1-2-17-14(12-6-4-8-16-10-12)11-5-3-7-13(15)9-11/h3,5,7,9,12,14,16H,2,4,6,8,10H2,1H3/t12-,14+/m1/s1. The summed E-state index contributed by atoms with van der Waals surface area (Å²) in [7, 11) is 0. The van der Waals surface area contributed by atoms with Crippen LogP contribution in [0.5, 0.6) is 0 Å². The molecule has 0 saturated carbocycles. The Bertz CT molecular complexity index is 350. The quantitative estimate of drug-likeness (QED) is 0.888. The van der Waals surface area contributed by atoms with E-state index in [4.69, 9.17) is 16.3 Å². The molecule has 1 aromatic carbocycles. The molecule has 2 rings (SSSR count). The summed E-state index contributed by atoms with van der Waals surface area (Å²) < 4.78 is 5.92. The van der Waals surface area contributed by atoms with E-state index in [0.29, 0.717) is 5.92 Å². The molecule has 0 radical (unpaired) electrons. The molecule has 1 heterocycles. The van der Waals surface area contributed by atoms with Crippen molar-refractivity contribution in [1.29, 1.82) is 0 Å². The van der Waals surface area contributed by atoms with E-state index in [1.165, 1.54) is 18.4 Å². The number of hydrogen-bond acceptors (Lipinski definition) is 2. The lowest BCUT2D eigenvalue weighted by Crippen LogP contribution is -2.34. The van der Waals surface area contributed by atoms with Crippen molar-refractivity contribution in [3.63, 3.8) is 0 Å². The molecular formula is C14H20ClNO. The van der Waals surface area contributed by atoms with E-state index in [0.717, 1.165) is 24.7 Å². The predicted molar refractivity (Wildman–Crippen MR) is 71.4 cm³/mol. The van der Waals surface area contributed by atoms with Gasteiger partial charge in [-0.1, -0.05) is 23.7 Å². The second-order valence-electron chi connectivity index (χ2n) is 4.54. The molecule has 3 heteroatoms. The lowest BCUT2D eigenvalue weighted by molar-refractivity contribution is 0.0103. The Balaban J connectivity index is 2.15. The SMILES string of the molecule is CCO[C@@H](c1cccc(Cl)c1)[C@@H]1CCCNC1. The van der Waals surface area contributed by atoms with E-state index >= 15 is 0 Å². The van der Waals surface area contributed by atoms with Crippen molar-refractivity contribution >= 4 is 11.6 Å². The van der Waals surface area contributed by atoms with Crippen LogP contribution in [0.2, 0.25) is 5.02 Å². The molecule has 0 spiro atoms. The van der Waals surface area contributed by atoms with Crippen LogP contribution in [0.15, 0.2) is 24.3 Å². The van der Waals surface area contributed by atoms with E-state index in [2.05, 4.69) is 11.4 Å². The van der Waals surface area contributed by atoms with Gasteiger partial charge in [0, 0.05) is 24.1 Å². The minimum Gasteiger partial charge on any atom is -0.373 e. The first-order chi connectivity index (χ1) is 8.31. The fourth-order valence-corrected chi connectivity index (χ4v) is 2.70. The van der Waals surface area contributed by atoms with Gasteiger partial charge in [0.25, 0.3) is 0 Å². The fourth-order valence-electron chi connectivity index (χ4n) is 2.50. The van der Waals surface area contributed by atoms with Crippen LogP contribution in [0.4, 0.5) is 0 Å². The molecule has 0 amide bonds. The van der Waals surface area contributed by atoms with Crippen molar-refractivity contribution in [2.45, 2.75) is 25.9 Å². The van der Waals surface area contributed by atoms with Gasteiger partial charge in [0.15, 0.2) is 0 Å². The van der Waals surface area contributed by atoms with Crippen molar-refractivity contribution in [2.75, 3.05) is 19.7 Å². The molecule has 0 aliphatic carbocycles. The molecule has 2 atom stereocenters. The second-order valence-corrected chi connectivity index (χ2v) is 4.97. The maximum Gasteiger partial charge on any atom is 0.0865 e. The average Bonchev–Trinajstić information content (AvgIpc) is 2.37. The summed E-state index contributed by atoms with van der Waals surface area (Å²) in [4.78, 5) is 0. The third-order valence-electron chi connectivity index (χ3n) is 3.29. The lowest BCUT2D eigenvalue weighted by atomic mass is 9.89. The highest BCUT2D eigenvalue weighted by atomic mass is 35.5. The number of ether oxygens (including phenoxy) is 1. The number of halogens is 1. The molecule has 0 unspecified atom stereocenters. The first kappa shape index (κ1) is 12.9. The van der Waals surface area contributed by atoms with Crippen LogP contribution in [-0.4, -0.2) is 19.7 Å². The van der Waals surface area contributed by atoms with Crippen LogP contribution in [-0.2, 0) is 4.74 Å². The van der Waals surface area contributed by atoms with Crippen LogP contribution in [0, 0.1) is 5.92 Å². The topological polar surface area (TPSA) is 21.3 Å². The molecule has 17 heavy (non-hydrogen) atoms. The number of hydrogen-bond donors (Lipinski definition) is 1. The van der Waals surface area contributed by atoms with Gasteiger partial charge in [-0.25, -0.2) is 0 Å². The number of piperidine rings is 1. The van der Waals surface area contributed by atoms with Gasteiger partial charge in [-0.15, -0.1) is 0 Å². The molecule has 0 bridgehead atoms. The third kappa shape index (κ3) is 3.44. The fraction of sp³-hybridized carbons (Fsp3) is 0.571. The molecule has 2 nitrogen and oxygen atoms in total. The van der Waals surface area contributed by atoms with Crippen LogP contribution in [0.3, 0.4) is 0 Å². The predicted octanol–water partition coefficient (Wildman–Crippen LogP) is 3.42. The van der Waals surface area contributed by atoms with Gasteiger partial charge < -0.3 is 10.1 Å². The van der Waals surface area contributed by atoms with E-state index in [1.54, 1.807) is 0 Å². The zero-order valence-electron chi connectivity index (χ0n) is 10.3. The third-order valence-corrected chi connectivity index (χ3v) is 3.52. The van der Waals surface area contributed by atoms with Crippen molar-refractivity contribution in [3.05, 3.63) is 34.9 Å². The Morgan fingerprint density at radius 1 is 1.53 bits per heavy atom. The van der Waals surface area contributed by atoms with Gasteiger partial charge in [0.2, 0.25) is 0 Å². The summed E-state index contributed by atoms with van der Waals surface area (Å²) in [6.45, 7) is 4.96. The Hall–Kier alpha value is -0.570. The summed E-state index contributed by atoms with van der Waals surface area (Å²) >= 11 is 6.06. The molecule has 1 saturated heterocycles. The van der Waals surface area contributed by atoms with Crippen molar-refractivity contribution < 1.29 is 4.74 Å². The number of nitrogens with one attached hydrogen (secondary N) is 1. The van der Waals surface area contributed by atoms with E-state index in [1.807, 2.05) is 25.1 Å². The Kier molecular flexibility index (Phi) is 4.84. The Labute approximate surface area is 108 Å². The van der Waals surface area contributed by atoms with Crippen molar-refractivity contribution in [1.82, 2.24) is 5.32 Å². The zero-order valence-corrected chi connectivity index (χ0v) is 11.0. The molecule has 1 aromatic rings. The average molecular weight is 254 g/mol. The zero-order chi connectivity index (χ0) is 12.1. The van der Waals surface area contributed by atoms with Crippen molar-refractivity contribution in [2.24, 2.45) is 5.92 Å². The van der Waals surface area contributed by atoms with Crippen molar-refractivity contribution in [3.8, 4) is 0 Å². The minimum atomic E-state index is 0.173. The monoisotopic (exact) mass is 253 g/mol. The maximum absolute atomic E-state index is 6.06. The van der Waals surface area contributed by atoms with Gasteiger partial charge >= 0.3 is 0 Å². The molecule has 0 aromatic heterocycles. The lowest BCUT2D eigenvalue weighted by Gasteiger charge is -2.31. The van der Waals surface area contributed by atoms with Gasteiger partial charge in [0.1, 0.15) is 0 Å². The smallest absolute Gasteiger partial charge is 0.0865 e. The van der Waals surface area contributed by atoms with Gasteiger partial charge in [0.05, 0.1) is 6.10 Å². The molecular weight excluding hydrogens is 234 g/mol. The van der Waals surface area contributed by atoms with Gasteiger partial charge in [-0.2, -0.15) is 0 Å². The van der Waals surface area contributed by atoms with Crippen LogP contribution < -0.4 is 5.32 Å². The largest absolute Gasteiger partial charge is 0.373 e. The summed E-state index contributed by atoms with van der Waals surface area (Å²) in [5.74, 6) is 0.558. The van der Waals surface area contributed by atoms with Gasteiger partial charge in [-0.05, 0) is 44.0 Å². The second kappa shape index (κ2) is 6.39. The highest BCUT2D eigenvalue weighted by molar-refractivity contribution is 6.30. The maximum atomic E-state index is 6.06. The highest BCUT2D eigenvalue weighted by Gasteiger charge is 2.25. The highest BCUT2D eigenvalue weighted by Crippen LogP contribution is 2.31. The van der Waals surface area contributed by atoms with E-state index < -0.39 is 0 Å². The first-order valence-electron chi connectivity index (χ1n) is 6.39. The number of benzene rings is 1. The van der Waals surface area contributed by atoms with Gasteiger partial charge in [-0.3, -0.25) is 0 Å². The van der Waals surface area contributed by atoms with E-state index in [-0.39, 0.29) is 6.10 Å². The molecule has 1 aliphatic heterocycles. The van der Waals surface area contributed by atoms with Crippen LogP contribution in [0.1, 0.15) is 31.4 Å². The van der Waals surface area contributed by atoms with E-state index in [9.17, 15) is 0 Å². The number of rotatable bonds is 4. The molecule has 1 aliphatic rings. The summed E-state index contributed by atoms with van der Waals surface area (Å²) in [5, 5.41) is 4.23. The first-order valence-corrected chi connectivity index (χ1v) is 6.77. The molecule has 1 fully saturated rings.